The fraction of sp³-hybridized carbons (Fsp3) is 0.278. The molecule has 1 aromatic carbocycles. The molecule has 1 saturated heterocycles. The van der Waals surface area contributed by atoms with Crippen molar-refractivity contribution in [2.75, 3.05) is 18.0 Å². The molecule has 8 nitrogen and oxygen atoms in total. The number of anilines is 1. The fourth-order valence-corrected chi connectivity index (χ4v) is 3.12. The molecule has 2 amide bonds. The highest BCUT2D eigenvalue weighted by Gasteiger charge is 2.34. The van der Waals surface area contributed by atoms with Gasteiger partial charge in [0.1, 0.15) is 12.2 Å². The third-order valence-corrected chi connectivity index (χ3v) is 4.58. The zero-order chi connectivity index (χ0) is 18.3. The van der Waals surface area contributed by atoms with Gasteiger partial charge in [0.2, 0.25) is 5.91 Å². The van der Waals surface area contributed by atoms with Crippen molar-refractivity contribution in [3.63, 3.8) is 0 Å². The summed E-state index contributed by atoms with van der Waals surface area (Å²) in [5.74, 6) is -0.405. The van der Waals surface area contributed by atoms with E-state index in [-0.39, 0.29) is 30.1 Å². The quantitative estimate of drug-likeness (QED) is 0.756. The van der Waals surface area contributed by atoms with Gasteiger partial charge in [-0.1, -0.05) is 0 Å². The summed E-state index contributed by atoms with van der Waals surface area (Å²) in [4.78, 5) is 36.9. The minimum absolute atomic E-state index is 0.0105. The average molecular weight is 350 g/mol. The molecule has 26 heavy (non-hydrogen) atoms. The van der Waals surface area contributed by atoms with Crippen LogP contribution in [0.3, 0.4) is 0 Å². The summed E-state index contributed by atoms with van der Waals surface area (Å²) >= 11 is 0. The normalized spacial score (nSPS) is 17.8. The molecule has 2 aromatic heterocycles. The summed E-state index contributed by atoms with van der Waals surface area (Å²) in [7, 11) is 0. The van der Waals surface area contributed by atoms with Gasteiger partial charge < -0.3 is 9.80 Å². The first-order chi connectivity index (χ1) is 12.5. The predicted octanol–water partition coefficient (Wildman–Crippen LogP) is 1.54. The summed E-state index contributed by atoms with van der Waals surface area (Å²) in [5.41, 5.74) is 2.66. The molecule has 1 atom stereocenters. The number of fused-ring (bicyclic) bond motifs is 1. The number of rotatable bonds is 2. The molecule has 3 aromatic rings. The first-order valence-corrected chi connectivity index (χ1v) is 8.36. The summed E-state index contributed by atoms with van der Waals surface area (Å²) in [5, 5.41) is 7.90. The standard InChI is InChI=1S/C18H18N6O2/c1-11-6-20-16(8-19-11)18(26)23-10-17(25)24(9-12(23)2)14-4-3-13-7-21-22-15(13)5-14/h3-8,12H,9-10H2,1-2H3,(H,21,22)/t12-/m0/s1. The second-order valence-corrected chi connectivity index (χ2v) is 6.47. The Kier molecular flexibility index (Phi) is 3.87. The molecule has 4 rings (SSSR count). The van der Waals surface area contributed by atoms with Gasteiger partial charge >= 0.3 is 0 Å². The van der Waals surface area contributed by atoms with Crippen LogP contribution in [0.15, 0.2) is 36.8 Å². The SMILES string of the molecule is Cc1cnc(C(=O)N2CC(=O)N(c3ccc4cn[nH]c4c3)C[C@@H]2C)cn1. The van der Waals surface area contributed by atoms with Crippen molar-refractivity contribution in [3.8, 4) is 0 Å². The van der Waals surface area contributed by atoms with Gasteiger partial charge in [0, 0.05) is 29.9 Å². The second kappa shape index (κ2) is 6.21. The number of nitrogens with zero attached hydrogens (tertiary/aromatic N) is 5. The van der Waals surface area contributed by atoms with E-state index in [0.717, 1.165) is 22.3 Å². The molecule has 0 bridgehead atoms. The lowest BCUT2D eigenvalue weighted by molar-refractivity contribution is -0.121. The van der Waals surface area contributed by atoms with Crippen molar-refractivity contribution in [1.82, 2.24) is 25.1 Å². The Labute approximate surface area is 149 Å². The number of carbonyl (C=O) groups is 2. The van der Waals surface area contributed by atoms with E-state index in [1.54, 1.807) is 22.2 Å². The molecule has 0 radical (unpaired) electrons. The smallest absolute Gasteiger partial charge is 0.274 e. The Morgan fingerprint density at radius 1 is 1.23 bits per heavy atom. The van der Waals surface area contributed by atoms with Gasteiger partial charge in [-0.2, -0.15) is 5.10 Å². The monoisotopic (exact) mass is 350 g/mol. The summed E-state index contributed by atoms with van der Waals surface area (Å²) in [6.07, 6.45) is 4.74. The van der Waals surface area contributed by atoms with Crippen molar-refractivity contribution < 1.29 is 9.59 Å². The topological polar surface area (TPSA) is 95.1 Å². The number of hydrogen-bond acceptors (Lipinski definition) is 5. The molecular weight excluding hydrogens is 332 g/mol. The molecule has 0 unspecified atom stereocenters. The van der Waals surface area contributed by atoms with Crippen LogP contribution >= 0.6 is 0 Å². The zero-order valence-corrected chi connectivity index (χ0v) is 14.5. The molecule has 1 N–H and O–H groups in total. The Balaban J connectivity index is 1.56. The highest BCUT2D eigenvalue weighted by Crippen LogP contribution is 2.24. The number of aryl methyl sites for hydroxylation is 1. The van der Waals surface area contributed by atoms with E-state index in [1.165, 1.54) is 6.20 Å². The van der Waals surface area contributed by atoms with Gasteiger partial charge in [0.25, 0.3) is 5.91 Å². The van der Waals surface area contributed by atoms with Crippen LogP contribution in [-0.4, -0.2) is 56.0 Å². The van der Waals surface area contributed by atoms with Crippen LogP contribution in [-0.2, 0) is 4.79 Å². The minimum Gasteiger partial charge on any atom is -0.323 e. The van der Waals surface area contributed by atoms with Gasteiger partial charge in [-0.15, -0.1) is 0 Å². The molecular formula is C18H18N6O2. The maximum absolute atomic E-state index is 12.7. The number of piperazine rings is 1. The summed E-state index contributed by atoms with van der Waals surface area (Å²) < 4.78 is 0. The molecule has 132 valence electrons. The van der Waals surface area contributed by atoms with Gasteiger partial charge in [-0.3, -0.25) is 19.7 Å². The van der Waals surface area contributed by atoms with Crippen molar-refractivity contribution >= 4 is 28.4 Å². The largest absolute Gasteiger partial charge is 0.323 e. The highest BCUT2D eigenvalue weighted by molar-refractivity contribution is 6.02. The number of carbonyl (C=O) groups excluding carboxylic acids is 2. The molecule has 1 fully saturated rings. The highest BCUT2D eigenvalue weighted by atomic mass is 16.2. The fourth-order valence-electron chi connectivity index (χ4n) is 3.12. The van der Waals surface area contributed by atoms with E-state index >= 15 is 0 Å². The number of H-pyrrole nitrogens is 1. The van der Waals surface area contributed by atoms with E-state index in [4.69, 9.17) is 0 Å². The molecule has 0 saturated carbocycles. The van der Waals surface area contributed by atoms with Crippen LogP contribution < -0.4 is 4.90 Å². The van der Waals surface area contributed by atoms with E-state index in [9.17, 15) is 9.59 Å². The predicted molar refractivity (Wildman–Crippen MR) is 95.7 cm³/mol. The summed E-state index contributed by atoms with van der Waals surface area (Å²) in [6, 6.07) is 5.58. The second-order valence-electron chi connectivity index (χ2n) is 6.47. The van der Waals surface area contributed by atoms with E-state index < -0.39 is 0 Å². The van der Waals surface area contributed by atoms with E-state index in [0.29, 0.717) is 6.54 Å². The summed E-state index contributed by atoms with van der Waals surface area (Å²) in [6.45, 7) is 4.16. The Hall–Kier alpha value is -3.29. The lowest BCUT2D eigenvalue weighted by Crippen LogP contribution is -2.57. The Morgan fingerprint density at radius 2 is 2.08 bits per heavy atom. The minimum atomic E-state index is -0.276. The maximum Gasteiger partial charge on any atom is 0.274 e. The molecule has 1 aliphatic heterocycles. The number of nitrogens with one attached hydrogen (secondary N) is 1. The first-order valence-electron chi connectivity index (χ1n) is 8.36. The third-order valence-electron chi connectivity index (χ3n) is 4.58. The Bertz CT molecular complexity index is 981. The van der Waals surface area contributed by atoms with Gasteiger partial charge in [0.05, 0.1) is 23.6 Å². The van der Waals surface area contributed by atoms with Crippen LogP contribution in [0.2, 0.25) is 0 Å². The van der Waals surface area contributed by atoms with Crippen molar-refractivity contribution in [1.29, 1.82) is 0 Å². The first kappa shape index (κ1) is 16.2. The molecule has 3 heterocycles. The third kappa shape index (κ3) is 2.79. The molecule has 0 aliphatic carbocycles. The van der Waals surface area contributed by atoms with Gasteiger partial charge in [0.15, 0.2) is 0 Å². The van der Waals surface area contributed by atoms with E-state index in [2.05, 4.69) is 20.2 Å². The van der Waals surface area contributed by atoms with Gasteiger partial charge in [-0.25, -0.2) is 4.98 Å². The average Bonchev–Trinajstić information content (AvgIpc) is 3.11. The molecule has 1 aliphatic rings. The Morgan fingerprint density at radius 3 is 2.85 bits per heavy atom. The van der Waals surface area contributed by atoms with Crippen molar-refractivity contribution in [2.24, 2.45) is 0 Å². The lowest BCUT2D eigenvalue weighted by Gasteiger charge is -2.39. The van der Waals surface area contributed by atoms with Gasteiger partial charge in [-0.05, 0) is 32.0 Å². The number of hydrogen-bond donors (Lipinski definition) is 1. The number of aromatic amines is 1. The van der Waals surface area contributed by atoms with Crippen molar-refractivity contribution in [2.45, 2.75) is 19.9 Å². The molecule has 8 heteroatoms. The molecule has 0 spiro atoms. The lowest BCUT2D eigenvalue weighted by atomic mass is 10.1. The van der Waals surface area contributed by atoms with Crippen LogP contribution in [0.5, 0.6) is 0 Å². The van der Waals surface area contributed by atoms with Crippen LogP contribution in [0.1, 0.15) is 23.1 Å². The zero-order valence-electron chi connectivity index (χ0n) is 14.5. The number of amides is 2. The van der Waals surface area contributed by atoms with E-state index in [1.807, 2.05) is 32.0 Å². The van der Waals surface area contributed by atoms with Crippen molar-refractivity contribution in [3.05, 3.63) is 48.2 Å². The maximum atomic E-state index is 12.7. The van der Waals surface area contributed by atoms with Crippen LogP contribution in [0.25, 0.3) is 10.9 Å². The number of aromatic nitrogens is 4. The number of benzene rings is 1. The van der Waals surface area contributed by atoms with Crippen LogP contribution in [0, 0.1) is 6.92 Å². The van der Waals surface area contributed by atoms with Crippen LogP contribution in [0.4, 0.5) is 5.69 Å².